The van der Waals surface area contributed by atoms with Crippen molar-refractivity contribution in [2.45, 2.75) is 70.2 Å². The van der Waals surface area contributed by atoms with Gasteiger partial charge in [-0.25, -0.2) is 8.42 Å². The topological polar surface area (TPSA) is 86.8 Å². The van der Waals surface area contributed by atoms with Gasteiger partial charge in [-0.05, 0) is 76.6 Å². The minimum Gasteiger partial charge on any atom is -0.350 e. The first kappa shape index (κ1) is 36.5. The van der Waals surface area contributed by atoms with Crippen molar-refractivity contribution in [3.8, 4) is 0 Å². The third-order valence-electron chi connectivity index (χ3n) is 6.71. The lowest BCUT2D eigenvalue weighted by molar-refractivity contribution is -0.141. The van der Waals surface area contributed by atoms with Crippen LogP contribution in [-0.4, -0.2) is 43.3 Å². The van der Waals surface area contributed by atoms with E-state index in [9.17, 15) is 31.2 Å². The summed E-state index contributed by atoms with van der Waals surface area (Å²) in [6, 6.07) is 11.7. The van der Waals surface area contributed by atoms with Gasteiger partial charge in [0, 0.05) is 27.7 Å². The average molecular weight is 707 g/mol. The maximum atomic E-state index is 14.2. The number of sulfonamides is 1. The molecule has 0 bridgehead atoms. The summed E-state index contributed by atoms with van der Waals surface area (Å²) in [5, 5.41) is 2.57. The highest BCUT2D eigenvalue weighted by atomic mass is 35.5. The molecule has 1 atom stereocenters. The van der Waals surface area contributed by atoms with Gasteiger partial charge in [-0.1, -0.05) is 65.5 Å². The number of anilines is 1. The highest BCUT2D eigenvalue weighted by Crippen LogP contribution is 2.38. The Labute approximate surface area is 276 Å². The predicted molar refractivity (Wildman–Crippen MR) is 171 cm³/mol. The van der Waals surface area contributed by atoms with Crippen molar-refractivity contribution in [2.75, 3.05) is 10.8 Å². The molecular formula is C31H33Cl3F3N3O4S. The minimum atomic E-state index is -4.92. The number of hydrogen-bond acceptors (Lipinski definition) is 4. The normalized spacial score (nSPS) is 12.9. The van der Waals surface area contributed by atoms with E-state index in [4.69, 9.17) is 34.8 Å². The number of carbonyl (C=O) groups excluding carboxylic acids is 2. The van der Waals surface area contributed by atoms with Crippen LogP contribution in [-0.2, 0) is 32.3 Å². The van der Waals surface area contributed by atoms with Crippen LogP contribution in [0.1, 0.15) is 50.8 Å². The number of hydrogen-bond donors (Lipinski definition) is 1. The Kier molecular flexibility index (Phi) is 11.5. The van der Waals surface area contributed by atoms with Crippen molar-refractivity contribution in [1.29, 1.82) is 0 Å². The smallest absolute Gasteiger partial charge is 0.350 e. The molecule has 0 heterocycles. The van der Waals surface area contributed by atoms with Crippen molar-refractivity contribution < 1.29 is 31.2 Å². The molecule has 45 heavy (non-hydrogen) atoms. The summed E-state index contributed by atoms with van der Waals surface area (Å²) in [6.07, 6.45) is -4.80. The van der Waals surface area contributed by atoms with E-state index in [0.717, 1.165) is 22.6 Å². The van der Waals surface area contributed by atoms with Crippen LogP contribution < -0.4 is 9.62 Å². The molecule has 244 valence electrons. The summed E-state index contributed by atoms with van der Waals surface area (Å²) in [5.74, 6) is -1.42. The Morgan fingerprint density at radius 3 is 2.00 bits per heavy atom. The lowest BCUT2D eigenvalue weighted by Crippen LogP contribution is -2.55. The molecule has 1 unspecified atom stereocenters. The molecule has 0 saturated carbocycles. The second kappa shape index (κ2) is 14.2. The molecular weight excluding hydrogens is 674 g/mol. The van der Waals surface area contributed by atoms with E-state index in [0.29, 0.717) is 15.9 Å². The van der Waals surface area contributed by atoms with E-state index in [1.165, 1.54) is 24.3 Å². The monoisotopic (exact) mass is 705 g/mol. The van der Waals surface area contributed by atoms with Gasteiger partial charge in [0.2, 0.25) is 11.8 Å². The van der Waals surface area contributed by atoms with E-state index in [-0.39, 0.29) is 27.9 Å². The summed E-state index contributed by atoms with van der Waals surface area (Å²) in [6.45, 7) is 7.40. The average Bonchev–Trinajstić information content (AvgIpc) is 2.92. The van der Waals surface area contributed by atoms with E-state index in [1.807, 2.05) is 0 Å². The van der Waals surface area contributed by atoms with Gasteiger partial charge in [-0.2, -0.15) is 13.2 Å². The Bertz CT molecular complexity index is 1640. The maximum Gasteiger partial charge on any atom is 0.417 e. The van der Waals surface area contributed by atoms with Crippen LogP contribution in [0.25, 0.3) is 0 Å². The van der Waals surface area contributed by atoms with E-state index < -0.39 is 62.4 Å². The van der Waals surface area contributed by atoms with Gasteiger partial charge in [-0.3, -0.25) is 13.9 Å². The zero-order valence-electron chi connectivity index (χ0n) is 25.2. The Balaban J connectivity index is 2.20. The molecule has 3 aromatic rings. The Hall–Kier alpha value is -2.99. The first-order valence-corrected chi connectivity index (χ1v) is 16.3. The van der Waals surface area contributed by atoms with Crippen LogP contribution in [0.2, 0.25) is 15.1 Å². The number of aryl methyl sites for hydroxylation is 1. The highest BCUT2D eigenvalue weighted by Gasteiger charge is 2.38. The van der Waals surface area contributed by atoms with Crippen LogP contribution >= 0.6 is 34.8 Å². The lowest BCUT2D eigenvalue weighted by atomic mass is 10.1. The number of halogens is 6. The molecule has 1 N–H and O–H groups in total. The molecule has 0 saturated heterocycles. The van der Waals surface area contributed by atoms with Crippen molar-refractivity contribution in [3.63, 3.8) is 0 Å². The third kappa shape index (κ3) is 9.06. The van der Waals surface area contributed by atoms with Crippen LogP contribution in [0.5, 0.6) is 0 Å². The molecule has 0 radical (unpaired) electrons. The molecule has 0 aliphatic rings. The number of carbonyl (C=O) groups is 2. The molecule has 0 aromatic heterocycles. The maximum absolute atomic E-state index is 14.2. The number of alkyl halides is 3. The molecule has 0 aliphatic heterocycles. The van der Waals surface area contributed by atoms with Crippen LogP contribution in [0.15, 0.2) is 65.6 Å². The fourth-order valence-corrected chi connectivity index (χ4v) is 6.63. The van der Waals surface area contributed by atoms with E-state index >= 15 is 0 Å². The highest BCUT2D eigenvalue weighted by molar-refractivity contribution is 7.92. The summed E-state index contributed by atoms with van der Waals surface area (Å²) >= 11 is 18.6. The summed E-state index contributed by atoms with van der Waals surface area (Å²) in [7, 11) is -4.62. The van der Waals surface area contributed by atoms with Crippen LogP contribution in [0, 0.1) is 6.92 Å². The SMILES string of the molecule is CCC(C(=O)NC(C)(C)C)N(Cc1c(Cl)cccc1Cl)C(=O)CN(c1ccc(Cl)c(C(F)(F)F)c1)S(=O)(=O)c1ccc(C)cc1. The zero-order chi connectivity index (χ0) is 33.9. The number of rotatable bonds is 10. The largest absolute Gasteiger partial charge is 0.417 e. The van der Waals surface area contributed by atoms with Crippen LogP contribution in [0.3, 0.4) is 0 Å². The predicted octanol–water partition coefficient (Wildman–Crippen LogP) is 7.89. The van der Waals surface area contributed by atoms with E-state index in [2.05, 4.69) is 5.32 Å². The Morgan fingerprint density at radius 2 is 1.49 bits per heavy atom. The van der Waals surface area contributed by atoms with Crippen molar-refractivity contribution >= 4 is 62.3 Å². The Morgan fingerprint density at radius 1 is 0.911 bits per heavy atom. The fraction of sp³-hybridized carbons (Fsp3) is 0.355. The van der Waals surface area contributed by atoms with Crippen molar-refractivity contribution in [1.82, 2.24) is 10.2 Å². The molecule has 14 heteroatoms. The first-order chi connectivity index (χ1) is 20.8. The minimum absolute atomic E-state index is 0.111. The number of benzene rings is 3. The molecule has 0 fully saturated rings. The number of nitrogens with zero attached hydrogens (tertiary/aromatic N) is 2. The van der Waals surface area contributed by atoms with Gasteiger partial charge < -0.3 is 10.2 Å². The lowest BCUT2D eigenvalue weighted by Gasteiger charge is -2.35. The van der Waals surface area contributed by atoms with Gasteiger partial charge in [0.05, 0.1) is 21.2 Å². The van der Waals surface area contributed by atoms with Gasteiger partial charge in [-0.15, -0.1) is 0 Å². The first-order valence-electron chi connectivity index (χ1n) is 13.8. The fourth-order valence-electron chi connectivity index (χ4n) is 4.48. The molecule has 0 aliphatic carbocycles. The molecule has 7 nitrogen and oxygen atoms in total. The van der Waals surface area contributed by atoms with E-state index in [1.54, 1.807) is 52.8 Å². The quantitative estimate of drug-likeness (QED) is 0.232. The standard InChI is InChI=1S/C31H33Cl3F3N3O4S/c1-6-27(29(42)38-30(3,4)5)39(17-22-24(32)8-7-9-25(22)33)28(41)18-40(45(43,44)21-13-10-19(2)11-14-21)20-12-15-26(34)23(16-20)31(35,36)37/h7-16,27H,6,17-18H2,1-5H3,(H,38,42). The molecule has 0 spiro atoms. The number of amides is 2. The third-order valence-corrected chi connectivity index (χ3v) is 9.53. The van der Waals surface area contributed by atoms with Gasteiger partial charge in [0.25, 0.3) is 10.0 Å². The second-order valence-electron chi connectivity index (χ2n) is 11.4. The molecule has 3 aromatic carbocycles. The van der Waals surface area contributed by atoms with Crippen molar-refractivity contribution in [2.24, 2.45) is 0 Å². The number of nitrogens with one attached hydrogen (secondary N) is 1. The molecule has 3 rings (SSSR count). The van der Waals surface area contributed by atoms with Gasteiger partial charge in [0.1, 0.15) is 12.6 Å². The van der Waals surface area contributed by atoms with Gasteiger partial charge in [0.15, 0.2) is 0 Å². The summed E-state index contributed by atoms with van der Waals surface area (Å²) in [5.41, 5.74) is -1.38. The molecule has 2 amide bonds. The second-order valence-corrected chi connectivity index (χ2v) is 14.5. The zero-order valence-corrected chi connectivity index (χ0v) is 28.3. The van der Waals surface area contributed by atoms with Crippen LogP contribution in [0.4, 0.5) is 18.9 Å². The van der Waals surface area contributed by atoms with Gasteiger partial charge >= 0.3 is 6.18 Å². The summed E-state index contributed by atoms with van der Waals surface area (Å²) in [4.78, 5) is 28.5. The van der Waals surface area contributed by atoms with Crippen molar-refractivity contribution in [3.05, 3.63) is 92.4 Å². The summed E-state index contributed by atoms with van der Waals surface area (Å²) < 4.78 is 70.1.